The lowest BCUT2D eigenvalue weighted by atomic mass is 10.0. The second-order valence-electron chi connectivity index (χ2n) is 8.08. The van der Waals surface area contributed by atoms with Gasteiger partial charge in [-0.1, -0.05) is 12.1 Å². The zero-order valence-electron chi connectivity index (χ0n) is 20.4. The SMILES string of the molecule is Cc1ccnc(NCCCC(=O)NCC(=O)NC(CC(=O)OC(=O)C(F)(F)F)c2cccc([N+](=O)[O-])c2O)c1. The van der Waals surface area contributed by atoms with Crippen LogP contribution in [0.5, 0.6) is 5.75 Å². The van der Waals surface area contributed by atoms with E-state index in [1.54, 1.807) is 6.20 Å². The molecule has 39 heavy (non-hydrogen) atoms. The molecule has 0 aliphatic heterocycles. The zero-order chi connectivity index (χ0) is 29.2. The van der Waals surface area contributed by atoms with Crippen LogP contribution in [0.4, 0.5) is 24.7 Å². The Balaban J connectivity index is 1.98. The van der Waals surface area contributed by atoms with Gasteiger partial charge in [0, 0.05) is 30.8 Å². The van der Waals surface area contributed by atoms with Crippen LogP contribution in [0.3, 0.4) is 0 Å². The first-order valence-electron chi connectivity index (χ1n) is 11.3. The van der Waals surface area contributed by atoms with E-state index >= 15 is 0 Å². The van der Waals surface area contributed by atoms with Gasteiger partial charge < -0.3 is 25.8 Å². The van der Waals surface area contributed by atoms with Crippen molar-refractivity contribution in [2.24, 2.45) is 0 Å². The quantitative estimate of drug-likeness (QED) is 0.0993. The molecule has 0 radical (unpaired) electrons. The molecule has 210 valence electrons. The van der Waals surface area contributed by atoms with Crippen molar-refractivity contribution in [3.05, 3.63) is 57.8 Å². The van der Waals surface area contributed by atoms with Crippen molar-refractivity contribution in [3.63, 3.8) is 0 Å². The number of phenols is 1. The molecule has 0 saturated carbocycles. The molecule has 0 spiro atoms. The van der Waals surface area contributed by atoms with Crippen molar-refractivity contribution >= 4 is 35.3 Å². The Bertz CT molecular complexity index is 1240. The first kappa shape index (κ1) is 30.5. The van der Waals surface area contributed by atoms with Gasteiger partial charge in [0.25, 0.3) is 0 Å². The summed E-state index contributed by atoms with van der Waals surface area (Å²) in [6, 6.07) is 5.07. The fraction of sp³-hybridized carbons (Fsp3) is 0.348. The number of hydrogen-bond acceptors (Lipinski definition) is 10. The lowest BCUT2D eigenvalue weighted by molar-refractivity contribution is -0.386. The molecule has 13 nitrogen and oxygen atoms in total. The number of amides is 2. The number of hydrogen-bond donors (Lipinski definition) is 4. The number of ether oxygens (including phenoxy) is 1. The first-order chi connectivity index (χ1) is 18.3. The van der Waals surface area contributed by atoms with E-state index in [9.17, 15) is 47.6 Å². The molecular formula is C23H24F3N5O8. The summed E-state index contributed by atoms with van der Waals surface area (Å²) in [6.45, 7) is 1.67. The third-order valence-corrected chi connectivity index (χ3v) is 5.01. The number of carbonyl (C=O) groups excluding carboxylic acids is 4. The number of esters is 2. The average Bonchev–Trinajstić information content (AvgIpc) is 2.84. The van der Waals surface area contributed by atoms with Crippen LogP contribution in [0.1, 0.15) is 36.4 Å². The highest BCUT2D eigenvalue weighted by Gasteiger charge is 2.42. The molecule has 2 rings (SSSR count). The summed E-state index contributed by atoms with van der Waals surface area (Å²) in [5, 5.41) is 28.9. The fourth-order valence-corrected chi connectivity index (χ4v) is 3.20. The second kappa shape index (κ2) is 13.7. The molecule has 1 aromatic heterocycles. The van der Waals surface area contributed by atoms with Gasteiger partial charge in [-0.2, -0.15) is 13.2 Å². The van der Waals surface area contributed by atoms with E-state index in [2.05, 4.69) is 25.7 Å². The number of aromatic nitrogens is 1. The molecule has 16 heteroatoms. The molecule has 1 aromatic carbocycles. The molecule has 0 bridgehead atoms. The second-order valence-corrected chi connectivity index (χ2v) is 8.08. The number of aromatic hydroxyl groups is 1. The predicted octanol–water partition coefficient (Wildman–Crippen LogP) is 2.19. The molecule has 2 amide bonds. The number of nitrogens with one attached hydrogen (secondary N) is 3. The van der Waals surface area contributed by atoms with E-state index in [0.717, 1.165) is 23.8 Å². The van der Waals surface area contributed by atoms with E-state index in [1.165, 1.54) is 0 Å². The number of benzene rings is 1. The Hall–Kier alpha value is -4.76. The molecule has 1 heterocycles. The van der Waals surface area contributed by atoms with Crippen LogP contribution in [0, 0.1) is 17.0 Å². The van der Waals surface area contributed by atoms with Crippen LogP contribution in [-0.4, -0.2) is 58.0 Å². The van der Waals surface area contributed by atoms with Crippen LogP contribution in [0.15, 0.2) is 36.5 Å². The summed E-state index contributed by atoms with van der Waals surface area (Å²) in [4.78, 5) is 61.6. The first-order valence-corrected chi connectivity index (χ1v) is 11.3. The van der Waals surface area contributed by atoms with Gasteiger partial charge in [-0.25, -0.2) is 9.78 Å². The van der Waals surface area contributed by atoms with Crippen molar-refractivity contribution in [3.8, 4) is 5.75 Å². The number of nitro groups is 1. The van der Waals surface area contributed by atoms with Crippen molar-refractivity contribution in [1.82, 2.24) is 15.6 Å². The molecule has 0 fully saturated rings. The number of alkyl halides is 3. The highest BCUT2D eigenvalue weighted by molar-refractivity contribution is 5.89. The summed E-state index contributed by atoms with van der Waals surface area (Å²) in [5.41, 5.74) is -0.224. The van der Waals surface area contributed by atoms with Gasteiger partial charge in [-0.05, 0) is 31.0 Å². The molecule has 0 aliphatic carbocycles. The number of pyridine rings is 1. The van der Waals surface area contributed by atoms with Crippen molar-refractivity contribution in [1.29, 1.82) is 0 Å². The number of carbonyl (C=O) groups is 4. The monoisotopic (exact) mass is 555 g/mol. The minimum absolute atomic E-state index is 0.0209. The maximum Gasteiger partial charge on any atom is 0.491 e. The van der Waals surface area contributed by atoms with Crippen molar-refractivity contribution in [2.45, 2.75) is 38.4 Å². The summed E-state index contributed by atoms with van der Waals surface area (Å²) >= 11 is 0. The Morgan fingerprint density at radius 1 is 1.18 bits per heavy atom. The Morgan fingerprint density at radius 2 is 1.90 bits per heavy atom. The van der Waals surface area contributed by atoms with Gasteiger partial charge in [-0.3, -0.25) is 24.5 Å². The summed E-state index contributed by atoms with van der Waals surface area (Å²) in [7, 11) is 0. The van der Waals surface area contributed by atoms with Crippen LogP contribution in [0.25, 0.3) is 0 Å². The molecular weight excluding hydrogens is 531 g/mol. The lowest BCUT2D eigenvalue weighted by Gasteiger charge is -2.19. The number of halogens is 3. The van der Waals surface area contributed by atoms with Gasteiger partial charge in [0.05, 0.1) is 23.9 Å². The third-order valence-electron chi connectivity index (χ3n) is 5.01. The minimum Gasteiger partial charge on any atom is -0.502 e. The molecule has 1 unspecified atom stereocenters. The fourth-order valence-electron chi connectivity index (χ4n) is 3.20. The maximum absolute atomic E-state index is 12.4. The number of nitro benzene ring substituents is 1. The van der Waals surface area contributed by atoms with Gasteiger partial charge >= 0.3 is 23.8 Å². The number of nitrogens with zero attached hydrogens (tertiary/aromatic N) is 2. The van der Waals surface area contributed by atoms with Crippen LogP contribution in [-0.2, 0) is 23.9 Å². The van der Waals surface area contributed by atoms with Gasteiger partial charge in [0.2, 0.25) is 11.8 Å². The molecule has 0 saturated heterocycles. The molecule has 0 aliphatic rings. The molecule has 2 aromatic rings. The smallest absolute Gasteiger partial charge is 0.491 e. The van der Waals surface area contributed by atoms with Crippen molar-refractivity contribution in [2.75, 3.05) is 18.4 Å². The van der Waals surface area contributed by atoms with Crippen LogP contribution in [0.2, 0.25) is 0 Å². The largest absolute Gasteiger partial charge is 0.502 e. The zero-order valence-corrected chi connectivity index (χ0v) is 20.4. The Morgan fingerprint density at radius 3 is 2.54 bits per heavy atom. The maximum atomic E-state index is 12.4. The highest BCUT2D eigenvalue weighted by Crippen LogP contribution is 2.34. The topological polar surface area (TPSA) is 190 Å². The van der Waals surface area contributed by atoms with Gasteiger partial charge in [0.1, 0.15) is 5.82 Å². The molecule has 1 atom stereocenters. The van der Waals surface area contributed by atoms with E-state index < -0.39 is 70.9 Å². The third kappa shape index (κ3) is 9.90. The standard InChI is InChI=1S/C23H24F3N5O8/c1-13-7-9-28-17(10-13)27-8-3-6-18(32)29-12-19(33)30-15(11-20(34)39-22(36)23(24,25)26)14-4-2-5-16(21(14)35)31(37)38/h2,4-5,7,9-10,15,35H,3,6,8,11-12H2,1H3,(H,27,28)(H,29,32)(H,30,33). The average molecular weight is 555 g/mol. The van der Waals surface area contributed by atoms with Gasteiger partial charge in [0.15, 0.2) is 5.75 Å². The van der Waals surface area contributed by atoms with E-state index in [1.807, 2.05) is 19.1 Å². The Kier molecular flexibility index (Phi) is 10.7. The normalized spacial score (nSPS) is 11.7. The predicted molar refractivity (Wildman–Crippen MR) is 127 cm³/mol. The number of aryl methyl sites for hydroxylation is 1. The summed E-state index contributed by atoms with van der Waals surface area (Å²) < 4.78 is 41.0. The number of anilines is 1. The van der Waals surface area contributed by atoms with E-state index in [-0.39, 0.29) is 6.42 Å². The minimum atomic E-state index is -5.47. The highest BCUT2D eigenvalue weighted by atomic mass is 19.4. The lowest BCUT2D eigenvalue weighted by Crippen LogP contribution is -2.39. The van der Waals surface area contributed by atoms with E-state index in [4.69, 9.17) is 0 Å². The van der Waals surface area contributed by atoms with Gasteiger partial charge in [-0.15, -0.1) is 0 Å². The summed E-state index contributed by atoms with van der Waals surface area (Å²) in [6.07, 6.45) is -4.55. The van der Waals surface area contributed by atoms with Crippen LogP contribution >= 0.6 is 0 Å². The number of rotatable bonds is 12. The number of phenolic OH excluding ortho intramolecular Hbond substituents is 1. The summed E-state index contributed by atoms with van der Waals surface area (Å²) in [5.74, 6) is -6.35. The van der Waals surface area contributed by atoms with Crippen molar-refractivity contribution < 1.29 is 47.1 Å². The molecule has 4 N–H and O–H groups in total. The number of para-hydroxylation sites is 1. The Labute approximate surface area is 218 Å². The van der Waals surface area contributed by atoms with Crippen LogP contribution < -0.4 is 16.0 Å². The van der Waals surface area contributed by atoms with E-state index in [0.29, 0.717) is 18.8 Å².